The molecule has 1 N–H and O–H groups in total. The lowest BCUT2D eigenvalue weighted by atomic mass is 9.96. The maximum absolute atomic E-state index is 12.7. The molecule has 0 bridgehead atoms. The van der Waals surface area contributed by atoms with Crippen LogP contribution >= 0.6 is 23.1 Å². The summed E-state index contributed by atoms with van der Waals surface area (Å²) in [5, 5.41) is 4.04. The smallest absolute Gasteiger partial charge is 0.229 e. The maximum atomic E-state index is 12.7. The van der Waals surface area contributed by atoms with Gasteiger partial charge in [-0.25, -0.2) is 4.98 Å². The number of ether oxygens (including phenoxy) is 1. The van der Waals surface area contributed by atoms with Crippen molar-refractivity contribution in [2.45, 2.75) is 12.8 Å². The lowest BCUT2D eigenvalue weighted by Gasteiger charge is -2.31. The first-order chi connectivity index (χ1) is 14.1. The van der Waals surface area contributed by atoms with Gasteiger partial charge in [0.05, 0.1) is 12.1 Å². The Morgan fingerprint density at radius 3 is 2.83 bits per heavy atom. The number of nitrogens with zero attached hydrogens (tertiary/aromatic N) is 4. The molecule has 1 fully saturated rings. The normalized spacial score (nSPS) is 14.6. The molecule has 0 unspecified atom stereocenters. The number of piperidine rings is 1. The Morgan fingerprint density at radius 2 is 2.10 bits per heavy atom. The topological polar surface area (TPSA) is 80.2 Å². The number of carbonyl (C=O) groups excluding carboxylic acids is 1. The zero-order valence-electron chi connectivity index (χ0n) is 15.8. The predicted octanol–water partition coefficient (Wildman–Crippen LogP) is 4.12. The van der Waals surface area contributed by atoms with E-state index in [1.807, 2.05) is 36.4 Å². The molecule has 0 radical (unpaired) electrons. The molecule has 150 valence electrons. The van der Waals surface area contributed by atoms with Gasteiger partial charge in [0.1, 0.15) is 11.6 Å². The summed E-state index contributed by atoms with van der Waals surface area (Å²) in [6, 6.07) is 11.3. The number of halogens is 1. The monoisotopic (exact) mass is 429 g/mol. The van der Waals surface area contributed by atoms with E-state index >= 15 is 0 Å². The summed E-state index contributed by atoms with van der Waals surface area (Å²) < 4.78 is 9.59. The van der Waals surface area contributed by atoms with Crippen molar-refractivity contribution in [3.63, 3.8) is 0 Å². The van der Waals surface area contributed by atoms with E-state index in [2.05, 4.69) is 24.6 Å². The number of carbonyl (C=O) groups is 1. The minimum atomic E-state index is -0.0530. The number of pyridine rings is 1. The van der Waals surface area contributed by atoms with Gasteiger partial charge in [0.15, 0.2) is 5.82 Å². The highest BCUT2D eigenvalue weighted by Gasteiger charge is 2.26. The molecule has 0 aliphatic carbocycles. The number of methoxy groups -OCH3 is 1. The van der Waals surface area contributed by atoms with E-state index in [9.17, 15) is 4.79 Å². The summed E-state index contributed by atoms with van der Waals surface area (Å²) in [5.41, 5.74) is 0.852. The average molecular weight is 430 g/mol. The van der Waals surface area contributed by atoms with Crippen molar-refractivity contribution in [3.8, 4) is 17.1 Å². The number of anilines is 2. The van der Waals surface area contributed by atoms with Crippen molar-refractivity contribution in [2.24, 2.45) is 5.92 Å². The van der Waals surface area contributed by atoms with E-state index < -0.39 is 0 Å². The standard InChI is InChI=1S/C20H20ClN5O2S/c1-28-16-4-2-3-14(11-16)18-23-20(29-25-18)24-19(27)13-7-9-26(10-8-13)17-6-5-15(21)12-22-17/h2-6,11-13H,7-10H2,1H3,(H,23,24,25,27). The third-order valence-electron chi connectivity index (χ3n) is 4.89. The summed E-state index contributed by atoms with van der Waals surface area (Å²) in [6.45, 7) is 1.55. The second kappa shape index (κ2) is 8.75. The molecule has 1 saturated heterocycles. The molecule has 3 aromatic rings. The summed E-state index contributed by atoms with van der Waals surface area (Å²) in [5.74, 6) is 2.14. The van der Waals surface area contributed by atoms with Crippen LogP contribution in [-0.4, -0.2) is 40.4 Å². The Kier molecular flexibility index (Phi) is 5.92. The Bertz CT molecular complexity index is 987. The Labute approximate surface area is 177 Å². The Hall–Kier alpha value is -2.71. The van der Waals surface area contributed by atoms with Crippen LogP contribution < -0.4 is 15.0 Å². The number of nitrogens with one attached hydrogen (secondary N) is 1. The minimum Gasteiger partial charge on any atom is -0.497 e. The van der Waals surface area contributed by atoms with Gasteiger partial charge in [0.25, 0.3) is 0 Å². The summed E-state index contributed by atoms with van der Waals surface area (Å²) >= 11 is 7.08. The molecule has 7 nitrogen and oxygen atoms in total. The molecule has 0 saturated carbocycles. The number of hydrogen-bond acceptors (Lipinski definition) is 7. The average Bonchev–Trinajstić information content (AvgIpc) is 3.23. The number of hydrogen-bond donors (Lipinski definition) is 1. The maximum Gasteiger partial charge on any atom is 0.229 e. The van der Waals surface area contributed by atoms with E-state index in [0.29, 0.717) is 16.0 Å². The molecule has 0 spiro atoms. The van der Waals surface area contributed by atoms with E-state index in [4.69, 9.17) is 16.3 Å². The molecule has 0 atom stereocenters. The van der Waals surface area contributed by atoms with Crippen LogP contribution in [0.25, 0.3) is 11.4 Å². The van der Waals surface area contributed by atoms with Crippen LogP contribution in [0.5, 0.6) is 5.75 Å². The number of amides is 1. The molecular formula is C20H20ClN5O2S. The van der Waals surface area contributed by atoms with E-state index in [-0.39, 0.29) is 11.8 Å². The van der Waals surface area contributed by atoms with Gasteiger partial charge in [-0.2, -0.15) is 9.36 Å². The number of benzene rings is 1. The minimum absolute atomic E-state index is 0.0120. The molecular weight excluding hydrogens is 410 g/mol. The van der Waals surface area contributed by atoms with E-state index in [0.717, 1.165) is 43.1 Å². The largest absolute Gasteiger partial charge is 0.497 e. The van der Waals surface area contributed by atoms with Gasteiger partial charge in [-0.1, -0.05) is 23.7 Å². The molecule has 1 aromatic carbocycles. The highest BCUT2D eigenvalue weighted by molar-refractivity contribution is 7.10. The summed E-state index contributed by atoms with van der Waals surface area (Å²) in [4.78, 5) is 23.6. The predicted molar refractivity (Wildman–Crippen MR) is 115 cm³/mol. The first-order valence-electron chi connectivity index (χ1n) is 9.28. The molecule has 9 heteroatoms. The fourth-order valence-corrected chi connectivity index (χ4v) is 3.99. The molecule has 1 amide bonds. The quantitative estimate of drug-likeness (QED) is 0.657. The fourth-order valence-electron chi connectivity index (χ4n) is 3.29. The molecule has 3 heterocycles. The van der Waals surface area contributed by atoms with E-state index in [1.54, 1.807) is 13.3 Å². The fraction of sp³-hybridized carbons (Fsp3) is 0.300. The molecule has 2 aromatic heterocycles. The lowest BCUT2D eigenvalue weighted by molar-refractivity contribution is -0.120. The van der Waals surface area contributed by atoms with Gasteiger partial charge in [-0.3, -0.25) is 4.79 Å². The molecule has 4 rings (SSSR count). The van der Waals surface area contributed by atoms with Crippen LogP contribution in [0.15, 0.2) is 42.6 Å². The van der Waals surface area contributed by atoms with Crippen molar-refractivity contribution < 1.29 is 9.53 Å². The van der Waals surface area contributed by atoms with Crippen LogP contribution in [0.1, 0.15) is 12.8 Å². The zero-order chi connectivity index (χ0) is 20.2. The molecule has 1 aliphatic rings. The summed E-state index contributed by atoms with van der Waals surface area (Å²) in [6.07, 6.45) is 3.17. The Morgan fingerprint density at radius 1 is 1.28 bits per heavy atom. The van der Waals surface area contributed by atoms with Crippen molar-refractivity contribution >= 4 is 40.0 Å². The van der Waals surface area contributed by atoms with E-state index in [1.165, 1.54) is 11.5 Å². The highest BCUT2D eigenvalue weighted by Crippen LogP contribution is 2.27. The third kappa shape index (κ3) is 4.65. The SMILES string of the molecule is COc1cccc(-c2nsc(NC(=O)C3CCN(c4ccc(Cl)cn4)CC3)n2)c1. The van der Waals surface area contributed by atoms with Crippen molar-refractivity contribution in [1.82, 2.24) is 14.3 Å². The van der Waals surface area contributed by atoms with Crippen LogP contribution in [0, 0.1) is 5.92 Å². The third-order valence-corrected chi connectivity index (χ3v) is 5.74. The van der Waals surface area contributed by atoms with Gasteiger partial charge in [-0.05, 0) is 37.1 Å². The highest BCUT2D eigenvalue weighted by atomic mass is 35.5. The van der Waals surface area contributed by atoms with Gasteiger partial charge in [0, 0.05) is 42.3 Å². The first kappa shape index (κ1) is 19.6. The van der Waals surface area contributed by atoms with Crippen molar-refractivity contribution in [2.75, 3.05) is 30.4 Å². The first-order valence-corrected chi connectivity index (χ1v) is 10.4. The summed E-state index contributed by atoms with van der Waals surface area (Å²) in [7, 11) is 1.62. The number of rotatable bonds is 5. The van der Waals surface area contributed by atoms with Crippen LogP contribution in [0.3, 0.4) is 0 Å². The Balaban J connectivity index is 1.34. The second-order valence-corrected chi connectivity index (χ2v) is 7.93. The number of aromatic nitrogens is 3. The van der Waals surface area contributed by atoms with Crippen LogP contribution in [-0.2, 0) is 4.79 Å². The van der Waals surface area contributed by atoms with Crippen molar-refractivity contribution in [1.29, 1.82) is 0 Å². The van der Waals surface area contributed by atoms with Gasteiger partial charge in [-0.15, -0.1) is 0 Å². The molecule has 29 heavy (non-hydrogen) atoms. The lowest BCUT2D eigenvalue weighted by Crippen LogP contribution is -2.38. The van der Waals surface area contributed by atoms with Crippen LogP contribution in [0.4, 0.5) is 10.9 Å². The molecule has 1 aliphatic heterocycles. The second-order valence-electron chi connectivity index (χ2n) is 6.74. The zero-order valence-corrected chi connectivity index (χ0v) is 17.4. The van der Waals surface area contributed by atoms with Gasteiger partial charge >= 0.3 is 0 Å². The van der Waals surface area contributed by atoms with Crippen molar-refractivity contribution in [3.05, 3.63) is 47.6 Å². The van der Waals surface area contributed by atoms with Gasteiger partial charge < -0.3 is 15.0 Å². The van der Waals surface area contributed by atoms with Gasteiger partial charge in [0.2, 0.25) is 11.0 Å². The van der Waals surface area contributed by atoms with Crippen LogP contribution in [0.2, 0.25) is 5.02 Å².